The van der Waals surface area contributed by atoms with Crippen molar-refractivity contribution in [1.29, 1.82) is 21.2 Å². The molecule has 0 radical (unpaired) electrons. The molecule has 2 saturated heterocycles. The zero-order valence-electron chi connectivity index (χ0n) is 14.1. The third-order valence-corrected chi connectivity index (χ3v) is 5.50. The molecule has 2 bridgehead atoms. The maximum atomic E-state index is 10.0. The van der Waals surface area contributed by atoms with E-state index in [2.05, 4.69) is 6.07 Å². The lowest BCUT2D eigenvalue weighted by Gasteiger charge is -2.48. The van der Waals surface area contributed by atoms with Gasteiger partial charge in [0.1, 0.15) is 6.10 Å². The van der Waals surface area contributed by atoms with Crippen molar-refractivity contribution < 1.29 is 9.47 Å². The van der Waals surface area contributed by atoms with E-state index in [1.54, 1.807) is 6.92 Å². The van der Waals surface area contributed by atoms with Crippen LogP contribution in [0.15, 0.2) is 30.3 Å². The molecule has 2 aliphatic rings. The maximum Gasteiger partial charge on any atom is 0.214 e. The van der Waals surface area contributed by atoms with Crippen LogP contribution >= 0.6 is 0 Å². The smallest absolute Gasteiger partial charge is 0.214 e. The maximum absolute atomic E-state index is 10.0. The first kappa shape index (κ1) is 17.0. The van der Waals surface area contributed by atoms with Crippen LogP contribution in [0.2, 0.25) is 0 Å². The number of nitrogens with zero attached hydrogens (tertiary/aromatic N) is 3. The van der Waals surface area contributed by atoms with Gasteiger partial charge in [-0.2, -0.15) is 15.8 Å². The van der Waals surface area contributed by atoms with E-state index in [-0.39, 0.29) is 12.3 Å². The first-order valence-electron chi connectivity index (χ1n) is 8.17. The fraction of sp³-hybridized carbons (Fsp3) is 0.474. The first-order valence-corrected chi connectivity index (χ1v) is 8.17. The molecule has 1 aromatic rings. The summed E-state index contributed by atoms with van der Waals surface area (Å²) in [6.45, 7) is 3.53. The minimum absolute atomic E-state index is 0.286. The molecule has 0 aliphatic carbocycles. The van der Waals surface area contributed by atoms with Crippen molar-refractivity contribution in [1.82, 2.24) is 0 Å². The van der Waals surface area contributed by atoms with Gasteiger partial charge in [-0.1, -0.05) is 37.3 Å². The Hall–Kier alpha value is -2.88. The Morgan fingerprint density at radius 3 is 2.28 bits per heavy atom. The Morgan fingerprint density at radius 2 is 1.76 bits per heavy atom. The summed E-state index contributed by atoms with van der Waals surface area (Å²) < 4.78 is 11.7. The minimum atomic E-state index is -1.81. The van der Waals surface area contributed by atoms with Gasteiger partial charge in [0.05, 0.1) is 24.1 Å². The molecule has 126 valence electrons. The molecule has 1 N–H and O–H groups in total. The van der Waals surface area contributed by atoms with Crippen LogP contribution < -0.4 is 0 Å². The summed E-state index contributed by atoms with van der Waals surface area (Å²) in [4.78, 5) is 0. The van der Waals surface area contributed by atoms with Crippen LogP contribution in [0, 0.1) is 56.2 Å². The molecular formula is C19H18N4O2. The van der Waals surface area contributed by atoms with Gasteiger partial charge >= 0.3 is 0 Å². The Labute approximate surface area is 146 Å². The van der Waals surface area contributed by atoms with Crippen LogP contribution in [0.4, 0.5) is 0 Å². The number of hydrogen-bond acceptors (Lipinski definition) is 6. The summed E-state index contributed by atoms with van der Waals surface area (Å²) in [7, 11) is 0. The number of fused-ring (bicyclic) bond motifs is 2. The van der Waals surface area contributed by atoms with Gasteiger partial charge in [0.15, 0.2) is 10.8 Å². The topological polar surface area (TPSA) is 114 Å². The molecule has 0 aromatic heterocycles. The third-order valence-electron chi connectivity index (χ3n) is 5.50. The highest BCUT2D eigenvalue weighted by atomic mass is 16.7. The molecule has 0 spiro atoms. The molecule has 4 unspecified atom stereocenters. The summed E-state index contributed by atoms with van der Waals surface area (Å²) in [5.74, 6) is -2.11. The quantitative estimate of drug-likeness (QED) is 0.913. The predicted octanol–water partition coefficient (Wildman–Crippen LogP) is 2.92. The monoisotopic (exact) mass is 334 g/mol. The van der Waals surface area contributed by atoms with Crippen molar-refractivity contribution in [3.63, 3.8) is 0 Å². The van der Waals surface area contributed by atoms with Crippen molar-refractivity contribution in [3.05, 3.63) is 35.9 Å². The Kier molecular flexibility index (Phi) is 3.79. The zero-order chi connectivity index (χ0) is 18.3. The highest BCUT2D eigenvalue weighted by molar-refractivity contribution is 5.89. The lowest BCUT2D eigenvalue weighted by atomic mass is 9.53. The van der Waals surface area contributed by atoms with Crippen molar-refractivity contribution in [2.24, 2.45) is 16.7 Å². The minimum Gasteiger partial charge on any atom is -0.448 e. The molecule has 25 heavy (non-hydrogen) atoms. The van der Waals surface area contributed by atoms with Gasteiger partial charge in [-0.3, -0.25) is 5.41 Å². The van der Waals surface area contributed by atoms with E-state index in [4.69, 9.17) is 14.9 Å². The highest BCUT2D eigenvalue weighted by Gasteiger charge is 2.78. The molecule has 3 rings (SSSR count). The normalized spacial score (nSPS) is 35.1. The van der Waals surface area contributed by atoms with Gasteiger partial charge in [-0.15, -0.1) is 0 Å². The SMILES string of the molecule is CCC1C2(C)OC(=N)C1(C#N)C(C#N)(C#N)C(Cc1ccccc1)O2. The highest BCUT2D eigenvalue weighted by Crippen LogP contribution is 2.63. The van der Waals surface area contributed by atoms with Gasteiger partial charge in [0.25, 0.3) is 0 Å². The molecule has 1 aromatic carbocycles. The summed E-state index contributed by atoms with van der Waals surface area (Å²) in [5.41, 5.74) is -2.57. The van der Waals surface area contributed by atoms with Crippen molar-refractivity contribution in [2.75, 3.05) is 0 Å². The fourth-order valence-corrected chi connectivity index (χ4v) is 4.35. The number of benzene rings is 1. The molecule has 4 atom stereocenters. The molecule has 6 heteroatoms. The van der Waals surface area contributed by atoms with E-state index in [9.17, 15) is 15.8 Å². The zero-order valence-corrected chi connectivity index (χ0v) is 14.1. The molecule has 2 heterocycles. The van der Waals surface area contributed by atoms with Crippen LogP contribution in [0.1, 0.15) is 25.8 Å². The second-order valence-corrected chi connectivity index (χ2v) is 6.66. The Morgan fingerprint density at radius 1 is 1.12 bits per heavy atom. The van der Waals surface area contributed by atoms with Crippen LogP contribution in [-0.2, 0) is 15.9 Å². The second kappa shape index (κ2) is 5.59. The Balaban J connectivity index is 2.20. The number of ether oxygens (including phenoxy) is 2. The number of hydrogen-bond donors (Lipinski definition) is 1. The van der Waals surface area contributed by atoms with Gasteiger partial charge in [-0.25, -0.2) is 0 Å². The van der Waals surface area contributed by atoms with E-state index >= 15 is 0 Å². The predicted molar refractivity (Wildman–Crippen MR) is 87.7 cm³/mol. The van der Waals surface area contributed by atoms with Crippen LogP contribution in [0.25, 0.3) is 0 Å². The fourth-order valence-electron chi connectivity index (χ4n) is 4.35. The molecule has 6 nitrogen and oxygen atoms in total. The second-order valence-electron chi connectivity index (χ2n) is 6.66. The Bertz CT molecular complexity index is 818. The van der Waals surface area contributed by atoms with E-state index in [0.29, 0.717) is 6.42 Å². The van der Waals surface area contributed by atoms with Crippen LogP contribution in [0.5, 0.6) is 0 Å². The molecule has 0 saturated carbocycles. The number of nitrogens with one attached hydrogen (secondary N) is 1. The lowest BCUT2D eigenvalue weighted by molar-refractivity contribution is -0.269. The average molecular weight is 334 g/mol. The number of nitriles is 3. The molecule has 2 fully saturated rings. The third kappa shape index (κ3) is 1.94. The summed E-state index contributed by atoms with van der Waals surface area (Å²) in [6.07, 6.45) is -0.135. The van der Waals surface area contributed by atoms with E-state index < -0.39 is 28.6 Å². The van der Waals surface area contributed by atoms with Crippen molar-refractivity contribution >= 4 is 5.90 Å². The lowest BCUT2D eigenvalue weighted by Crippen LogP contribution is -2.62. The van der Waals surface area contributed by atoms with Crippen molar-refractivity contribution in [2.45, 2.75) is 38.6 Å². The largest absolute Gasteiger partial charge is 0.448 e. The summed E-state index contributed by atoms with van der Waals surface area (Å²) in [6, 6.07) is 15.6. The van der Waals surface area contributed by atoms with E-state index in [0.717, 1.165) is 5.56 Å². The van der Waals surface area contributed by atoms with Gasteiger partial charge in [0.2, 0.25) is 11.7 Å². The van der Waals surface area contributed by atoms with E-state index in [1.165, 1.54) is 0 Å². The van der Waals surface area contributed by atoms with E-state index in [1.807, 2.05) is 49.4 Å². The summed E-state index contributed by atoms with van der Waals surface area (Å²) >= 11 is 0. The van der Waals surface area contributed by atoms with Crippen LogP contribution in [0.3, 0.4) is 0 Å². The van der Waals surface area contributed by atoms with Crippen LogP contribution in [-0.4, -0.2) is 17.8 Å². The molecule has 0 amide bonds. The van der Waals surface area contributed by atoms with Gasteiger partial charge < -0.3 is 9.47 Å². The van der Waals surface area contributed by atoms with Gasteiger partial charge in [0, 0.05) is 13.3 Å². The van der Waals surface area contributed by atoms with Crippen molar-refractivity contribution in [3.8, 4) is 18.2 Å². The first-order chi connectivity index (χ1) is 11.9. The molecule has 2 aliphatic heterocycles. The number of rotatable bonds is 3. The average Bonchev–Trinajstić information content (AvgIpc) is 2.79. The standard InChI is InChI=1S/C19H18N4O2/c1-3-14-17(2)24-15(9-13-7-5-4-6-8-13)18(10-20,11-21)19(14,12-22)16(23)25-17/h4-8,14-15,23H,3,9H2,1-2H3. The summed E-state index contributed by atoms with van der Waals surface area (Å²) in [5, 5.41) is 38.2. The molecular weight excluding hydrogens is 316 g/mol. The van der Waals surface area contributed by atoms with Gasteiger partial charge in [-0.05, 0) is 12.0 Å².